The van der Waals surface area contributed by atoms with E-state index in [1.807, 2.05) is 0 Å². The Kier molecular flexibility index (Phi) is 4.44. The lowest BCUT2D eigenvalue weighted by Crippen LogP contribution is -2.43. The van der Waals surface area contributed by atoms with Crippen LogP contribution in [0.3, 0.4) is 0 Å². The Morgan fingerprint density at radius 2 is 2.06 bits per heavy atom. The first-order chi connectivity index (χ1) is 8.59. The molecule has 1 aliphatic carbocycles. The highest BCUT2D eigenvalue weighted by Gasteiger charge is 2.34. The Morgan fingerprint density at radius 1 is 1.33 bits per heavy atom. The molecular formula is C15H25NO2. The minimum absolute atomic E-state index is 0.0850. The fraction of sp³-hybridized carbons (Fsp3) is 0.800. The van der Waals surface area contributed by atoms with Gasteiger partial charge in [0.05, 0.1) is 0 Å². The number of ether oxygens (including phenoxy) is 1. The van der Waals surface area contributed by atoms with Gasteiger partial charge in [0, 0.05) is 11.5 Å². The molecule has 3 heteroatoms. The van der Waals surface area contributed by atoms with Gasteiger partial charge in [-0.25, -0.2) is 4.79 Å². The molecule has 2 aliphatic rings. The van der Waals surface area contributed by atoms with Crippen molar-refractivity contribution < 1.29 is 9.53 Å². The molecule has 18 heavy (non-hydrogen) atoms. The molecular weight excluding hydrogens is 226 g/mol. The zero-order valence-corrected chi connectivity index (χ0v) is 11.6. The quantitative estimate of drug-likeness (QED) is 0.784. The molecule has 1 fully saturated rings. The van der Waals surface area contributed by atoms with E-state index in [-0.39, 0.29) is 11.6 Å². The maximum absolute atomic E-state index is 12.2. The molecule has 0 spiro atoms. The van der Waals surface area contributed by atoms with Crippen molar-refractivity contribution >= 4 is 5.97 Å². The molecule has 1 saturated heterocycles. The first-order valence-electron chi connectivity index (χ1n) is 7.23. The monoisotopic (exact) mass is 251 g/mol. The lowest BCUT2D eigenvalue weighted by Gasteiger charge is -2.37. The van der Waals surface area contributed by atoms with E-state index in [9.17, 15) is 4.79 Å². The number of carbonyl (C=O) groups excluding carboxylic acids is 1. The van der Waals surface area contributed by atoms with Crippen molar-refractivity contribution in [2.45, 2.75) is 58.0 Å². The second-order valence-corrected chi connectivity index (χ2v) is 5.99. The Bertz CT molecular complexity index is 327. The van der Waals surface area contributed by atoms with E-state index in [2.05, 4.69) is 25.2 Å². The van der Waals surface area contributed by atoms with Crippen LogP contribution in [0, 0.1) is 5.92 Å². The molecule has 0 bridgehead atoms. The first-order valence-corrected chi connectivity index (χ1v) is 7.23. The van der Waals surface area contributed by atoms with Gasteiger partial charge in [0.1, 0.15) is 5.60 Å². The number of allylic oxidation sites excluding steroid dienone is 1. The van der Waals surface area contributed by atoms with Crippen molar-refractivity contribution in [2.75, 3.05) is 13.1 Å². The standard InChI is InChI=1S/C15H25NO2/c1-15(2,13-8-10-16-11-9-13)18-14(17)12-6-4-3-5-7-12/h6,13,16H,3-5,7-11H2,1-2H3. The summed E-state index contributed by atoms with van der Waals surface area (Å²) in [5.74, 6) is 0.394. The van der Waals surface area contributed by atoms with Gasteiger partial charge in [-0.2, -0.15) is 0 Å². The summed E-state index contributed by atoms with van der Waals surface area (Å²) < 4.78 is 5.78. The number of hydrogen-bond donors (Lipinski definition) is 1. The van der Waals surface area contributed by atoms with Crippen LogP contribution in [-0.2, 0) is 9.53 Å². The van der Waals surface area contributed by atoms with Gasteiger partial charge in [0.2, 0.25) is 0 Å². The van der Waals surface area contributed by atoms with Crippen LogP contribution in [0.2, 0.25) is 0 Å². The molecule has 2 rings (SSSR count). The summed E-state index contributed by atoms with van der Waals surface area (Å²) in [7, 11) is 0. The molecule has 0 amide bonds. The Hall–Kier alpha value is -0.830. The number of nitrogens with one attached hydrogen (secondary N) is 1. The van der Waals surface area contributed by atoms with Gasteiger partial charge in [-0.3, -0.25) is 0 Å². The summed E-state index contributed by atoms with van der Waals surface area (Å²) in [5.41, 5.74) is 0.556. The van der Waals surface area contributed by atoms with E-state index in [1.54, 1.807) is 0 Å². The largest absolute Gasteiger partial charge is 0.456 e. The predicted molar refractivity (Wildman–Crippen MR) is 72.3 cm³/mol. The SMILES string of the molecule is CC(C)(OC(=O)C1=CCCCC1)C1CCNCC1. The van der Waals surface area contributed by atoms with Crippen molar-refractivity contribution in [1.29, 1.82) is 0 Å². The van der Waals surface area contributed by atoms with Gasteiger partial charge in [0.25, 0.3) is 0 Å². The number of hydrogen-bond acceptors (Lipinski definition) is 3. The second kappa shape index (κ2) is 5.87. The van der Waals surface area contributed by atoms with Gasteiger partial charge >= 0.3 is 5.97 Å². The van der Waals surface area contributed by atoms with Crippen LogP contribution in [0.5, 0.6) is 0 Å². The van der Waals surface area contributed by atoms with Crippen molar-refractivity contribution in [3.05, 3.63) is 11.6 Å². The number of piperidine rings is 1. The molecule has 0 aromatic carbocycles. The summed E-state index contributed by atoms with van der Waals surface area (Å²) in [6, 6.07) is 0. The molecule has 1 aliphatic heterocycles. The van der Waals surface area contributed by atoms with Crippen LogP contribution in [0.4, 0.5) is 0 Å². The average Bonchev–Trinajstić information content (AvgIpc) is 2.40. The second-order valence-electron chi connectivity index (χ2n) is 5.99. The maximum Gasteiger partial charge on any atom is 0.334 e. The zero-order valence-electron chi connectivity index (χ0n) is 11.6. The highest BCUT2D eigenvalue weighted by molar-refractivity contribution is 5.88. The maximum atomic E-state index is 12.2. The number of carbonyl (C=O) groups is 1. The lowest BCUT2D eigenvalue weighted by molar-refractivity contribution is -0.158. The average molecular weight is 251 g/mol. The Balaban J connectivity index is 1.93. The molecule has 0 aromatic rings. The zero-order chi connectivity index (χ0) is 13.0. The predicted octanol–water partition coefficient (Wildman–Crippen LogP) is 2.81. The molecule has 0 atom stereocenters. The summed E-state index contributed by atoms with van der Waals surface area (Å²) in [4.78, 5) is 12.2. The number of esters is 1. The third-order valence-electron chi connectivity index (χ3n) is 4.23. The van der Waals surface area contributed by atoms with Gasteiger partial charge < -0.3 is 10.1 Å². The van der Waals surface area contributed by atoms with Crippen LogP contribution in [0.15, 0.2) is 11.6 Å². The Labute approximate surface area is 110 Å². The number of rotatable bonds is 3. The van der Waals surface area contributed by atoms with Gasteiger partial charge in [-0.1, -0.05) is 6.08 Å². The summed E-state index contributed by atoms with van der Waals surface area (Å²) in [6.07, 6.45) is 8.49. The van der Waals surface area contributed by atoms with E-state index in [4.69, 9.17) is 4.74 Å². The van der Waals surface area contributed by atoms with Crippen LogP contribution < -0.4 is 5.32 Å². The van der Waals surface area contributed by atoms with E-state index in [0.29, 0.717) is 5.92 Å². The minimum atomic E-state index is -0.336. The van der Waals surface area contributed by atoms with Gasteiger partial charge in [-0.15, -0.1) is 0 Å². The lowest BCUT2D eigenvalue weighted by atomic mass is 9.83. The highest BCUT2D eigenvalue weighted by atomic mass is 16.6. The van der Waals surface area contributed by atoms with Gasteiger partial charge in [0.15, 0.2) is 0 Å². The third-order valence-corrected chi connectivity index (χ3v) is 4.23. The van der Waals surface area contributed by atoms with Gasteiger partial charge in [-0.05, 0) is 65.5 Å². The van der Waals surface area contributed by atoms with Crippen molar-refractivity contribution in [1.82, 2.24) is 5.32 Å². The van der Waals surface area contributed by atoms with E-state index in [0.717, 1.165) is 50.8 Å². The topological polar surface area (TPSA) is 38.3 Å². The van der Waals surface area contributed by atoms with Crippen LogP contribution in [0.25, 0.3) is 0 Å². The summed E-state index contributed by atoms with van der Waals surface area (Å²) in [5, 5.41) is 3.35. The van der Waals surface area contributed by atoms with Crippen molar-refractivity contribution in [3.63, 3.8) is 0 Å². The minimum Gasteiger partial charge on any atom is -0.456 e. The van der Waals surface area contributed by atoms with E-state index >= 15 is 0 Å². The summed E-state index contributed by atoms with van der Waals surface area (Å²) in [6.45, 7) is 6.19. The molecule has 0 radical (unpaired) electrons. The molecule has 1 N–H and O–H groups in total. The fourth-order valence-electron chi connectivity index (χ4n) is 2.93. The van der Waals surface area contributed by atoms with E-state index < -0.39 is 0 Å². The normalized spacial score (nSPS) is 22.4. The molecule has 0 unspecified atom stereocenters. The van der Waals surface area contributed by atoms with Crippen molar-refractivity contribution in [3.8, 4) is 0 Å². The molecule has 102 valence electrons. The van der Waals surface area contributed by atoms with E-state index in [1.165, 1.54) is 6.42 Å². The summed E-state index contributed by atoms with van der Waals surface area (Å²) >= 11 is 0. The third kappa shape index (κ3) is 3.35. The fourth-order valence-corrected chi connectivity index (χ4v) is 2.93. The molecule has 1 heterocycles. The van der Waals surface area contributed by atoms with Crippen LogP contribution >= 0.6 is 0 Å². The first kappa shape index (κ1) is 13.6. The molecule has 0 aromatic heterocycles. The highest BCUT2D eigenvalue weighted by Crippen LogP contribution is 2.30. The van der Waals surface area contributed by atoms with Crippen LogP contribution in [-0.4, -0.2) is 24.7 Å². The Morgan fingerprint density at radius 3 is 2.67 bits per heavy atom. The smallest absolute Gasteiger partial charge is 0.334 e. The van der Waals surface area contributed by atoms with Crippen LogP contribution in [0.1, 0.15) is 52.4 Å². The molecule has 3 nitrogen and oxygen atoms in total. The van der Waals surface area contributed by atoms with Crippen molar-refractivity contribution in [2.24, 2.45) is 5.92 Å². The molecule has 0 saturated carbocycles.